The molecule has 0 radical (unpaired) electrons. The Morgan fingerprint density at radius 3 is 2.26 bits per heavy atom. The highest BCUT2D eigenvalue weighted by Gasteiger charge is 2.41. The molecule has 1 aliphatic heterocycles. The van der Waals surface area contributed by atoms with Crippen LogP contribution in [0.25, 0.3) is 11.0 Å². The van der Waals surface area contributed by atoms with Crippen molar-refractivity contribution < 1.29 is 28.5 Å². The van der Waals surface area contributed by atoms with E-state index in [0.29, 0.717) is 22.2 Å². The number of fused-ring (bicyclic) bond motifs is 1. The molecule has 3 heterocycles. The molecule has 0 bridgehead atoms. The molecule has 2 aromatic heterocycles. The zero-order chi connectivity index (χ0) is 26.8. The lowest BCUT2D eigenvalue weighted by molar-refractivity contribution is -0.0590. The minimum absolute atomic E-state index is 0.0139. The van der Waals surface area contributed by atoms with E-state index in [1.54, 1.807) is 30.5 Å². The molecule has 196 valence electrons. The highest BCUT2D eigenvalue weighted by Crippen LogP contribution is 2.34. The van der Waals surface area contributed by atoms with Crippen molar-refractivity contribution in [3.8, 4) is 5.88 Å². The second-order valence-corrected chi connectivity index (χ2v) is 9.06. The molecule has 1 fully saturated rings. The number of nitrogens with two attached hydrogens (primary N) is 1. The van der Waals surface area contributed by atoms with Crippen LogP contribution in [0, 0.1) is 13.8 Å². The summed E-state index contributed by atoms with van der Waals surface area (Å²) in [4.78, 5) is 33.9. The van der Waals surface area contributed by atoms with Gasteiger partial charge in [-0.2, -0.15) is 15.1 Å². The minimum Gasteiger partial charge on any atom is -0.480 e. The first-order chi connectivity index (χ1) is 18.3. The molecule has 0 aliphatic carbocycles. The molecule has 4 aromatic rings. The number of aryl methyl sites for hydroxylation is 2. The lowest BCUT2D eigenvalue weighted by Gasteiger charge is -2.19. The van der Waals surface area contributed by atoms with Gasteiger partial charge in [-0.05, 0) is 38.1 Å². The second-order valence-electron chi connectivity index (χ2n) is 9.06. The van der Waals surface area contributed by atoms with Crippen LogP contribution in [0.15, 0.2) is 54.7 Å². The lowest BCUT2D eigenvalue weighted by Crippen LogP contribution is -2.32. The highest BCUT2D eigenvalue weighted by atomic mass is 16.6. The summed E-state index contributed by atoms with van der Waals surface area (Å²) >= 11 is 0. The predicted molar refractivity (Wildman–Crippen MR) is 137 cm³/mol. The van der Waals surface area contributed by atoms with Crippen LogP contribution < -0.4 is 10.5 Å². The normalized spacial score (nSPS) is 18.9. The Labute approximate surface area is 218 Å². The molecule has 3 atom stereocenters. The molecule has 11 heteroatoms. The standard InChI is InChI=1S/C27H27N5O6/c1-15-4-8-17(9-5-15)25(33)36-14-21-20(38-26(34)18-10-6-16(2)7-11-18)12-22(37-21)32-23-19(13-29-32)24(35-3)31-27(28)30-23/h4-11,13,20-22H,12,14H2,1-3H3,(H2,28,30,31). The maximum absolute atomic E-state index is 12.9. The first-order valence-electron chi connectivity index (χ1n) is 12.0. The van der Waals surface area contributed by atoms with Crippen LogP contribution in [-0.2, 0) is 14.2 Å². The zero-order valence-corrected chi connectivity index (χ0v) is 21.2. The van der Waals surface area contributed by atoms with Crippen LogP contribution in [0.5, 0.6) is 5.88 Å². The Morgan fingerprint density at radius 2 is 1.63 bits per heavy atom. The Kier molecular flexibility index (Phi) is 6.93. The second kappa shape index (κ2) is 10.5. The van der Waals surface area contributed by atoms with Crippen LogP contribution in [0.3, 0.4) is 0 Å². The molecule has 38 heavy (non-hydrogen) atoms. The lowest BCUT2D eigenvalue weighted by atomic mass is 10.1. The van der Waals surface area contributed by atoms with Crippen molar-refractivity contribution in [3.05, 3.63) is 77.0 Å². The summed E-state index contributed by atoms with van der Waals surface area (Å²) in [5, 5.41) is 4.95. The maximum atomic E-state index is 12.9. The number of methoxy groups -OCH3 is 1. The summed E-state index contributed by atoms with van der Waals surface area (Å²) in [6.07, 6.45) is -0.350. The Bertz CT molecular complexity index is 1470. The number of carbonyl (C=O) groups is 2. The van der Waals surface area contributed by atoms with Crippen molar-refractivity contribution in [1.82, 2.24) is 19.7 Å². The number of rotatable bonds is 7. The van der Waals surface area contributed by atoms with Gasteiger partial charge in [0.05, 0.1) is 24.4 Å². The van der Waals surface area contributed by atoms with E-state index in [-0.39, 0.29) is 24.9 Å². The number of esters is 2. The van der Waals surface area contributed by atoms with Gasteiger partial charge in [0, 0.05) is 6.42 Å². The van der Waals surface area contributed by atoms with E-state index in [2.05, 4.69) is 15.1 Å². The summed E-state index contributed by atoms with van der Waals surface area (Å²) in [6.45, 7) is 3.74. The summed E-state index contributed by atoms with van der Waals surface area (Å²) in [5.74, 6) is -0.717. The molecule has 5 rings (SSSR count). The van der Waals surface area contributed by atoms with Gasteiger partial charge in [-0.1, -0.05) is 35.4 Å². The fourth-order valence-electron chi connectivity index (χ4n) is 4.23. The molecule has 3 unspecified atom stereocenters. The Balaban J connectivity index is 1.38. The Hall–Kier alpha value is -4.51. The summed E-state index contributed by atoms with van der Waals surface area (Å²) in [6, 6.07) is 14.1. The molecular weight excluding hydrogens is 490 g/mol. The number of anilines is 1. The van der Waals surface area contributed by atoms with Crippen LogP contribution in [0.1, 0.15) is 44.5 Å². The summed E-state index contributed by atoms with van der Waals surface area (Å²) in [5.41, 5.74) is 9.13. The first-order valence-corrected chi connectivity index (χ1v) is 12.0. The van der Waals surface area contributed by atoms with E-state index >= 15 is 0 Å². The SMILES string of the molecule is COc1nc(N)nc2c1cnn2C1CC(OC(=O)c2ccc(C)cc2)C(COC(=O)c2ccc(C)cc2)O1. The predicted octanol–water partition coefficient (Wildman–Crippen LogP) is 3.40. The summed E-state index contributed by atoms with van der Waals surface area (Å²) in [7, 11) is 1.48. The molecule has 0 saturated carbocycles. The molecule has 0 amide bonds. The van der Waals surface area contributed by atoms with E-state index in [1.165, 1.54) is 11.8 Å². The number of aromatic nitrogens is 4. The van der Waals surface area contributed by atoms with E-state index in [0.717, 1.165) is 11.1 Å². The van der Waals surface area contributed by atoms with Gasteiger partial charge in [0.25, 0.3) is 0 Å². The maximum Gasteiger partial charge on any atom is 0.338 e. The number of nitrogen functional groups attached to an aromatic ring is 1. The van der Waals surface area contributed by atoms with Crippen LogP contribution >= 0.6 is 0 Å². The van der Waals surface area contributed by atoms with Crippen molar-refractivity contribution in [2.75, 3.05) is 19.5 Å². The third-order valence-corrected chi connectivity index (χ3v) is 6.29. The average Bonchev–Trinajstić information content (AvgIpc) is 3.51. The van der Waals surface area contributed by atoms with Gasteiger partial charge in [0.2, 0.25) is 11.8 Å². The fraction of sp³-hybridized carbons (Fsp3) is 0.296. The number of carbonyl (C=O) groups excluding carboxylic acids is 2. The van der Waals surface area contributed by atoms with E-state index in [1.807, 2.05) is 38.1 Å². The minimum atomic E-state index is -0.746. The molecular formula is C27H27N5O6. The van der Waals surface area contributed by atoms with Gasteiger partial charge in [-0.25, -0.2) is 14.3 Å². The number of hydrogen-bond donors (Lipinski definition) is 1. The van der Waals surface area contributed by atoms with Crippen LogP contribution in [0.2, 0.25) is 0 Å². The topological polar surface area (TPSA) is 141 Å². The van der Waals surface area contributed by atoms with Crippen molar-refractivity contribution in [3.63, 3.8) is 0 Å². The monoisotopic (exact) mass is 517 g/mol. The molecule has 1 saturated heterocycles. The first kappa shape index (κ1) is 25.2. The fourth-order valence-corrected chi connectivity index (χ4v) is 4.23. The highest BCUT2D eigenvalue weighted by molar-refractivity contribution is 5.90. The third-order valence-electron chi connectivity index (χ3n) is 6.29. The van der Waals surface area contributed by atoms with Crippen LogP contribution in [-0.4, -0.2) is 57.6 Å². The third kappa shape index (κ3) is 5.14. The van der Waals surface area contributed by atoms with Crippen molar-refractivity contribution in [2.24, 2.45) is 0 Å². The number of hydrogen-bond acceptors (Lipinski definition) is 10. The number of benzene rings is 2. The number of ether oxygens (including phenoxy) is 4. The molecule has 11 nitrogen and oxygen atoms in total. The van der Waals surface area contributed by atoms with E-state index < -0.39 is 30.4 Å². The van der Waals surface area contributed by atoms with E-state index in [9.17, 15) is 9.59 Å². The molecule has 0 spiro atoms. The van der Waals surface area contributed by atoms with Gasteiger partial charge in [0.15, 0.2) is 11.9 Å². The van der Waals surface area contributed by atoms with Crippen molar-refractivity contribution >= 4 is 28.9 Å². The van der Waals surface area contributed by atoms with Gasteiger partial charge in [-0.3, -0.25) is 0 Å². The Morgan fingerprint density at radius 1 is 1.00 bits per heavy atom. The largest absolute Gasteiger partial charge is 0.480 e. The summed E-state index contributed by atoms with van der Waals surface area (Å²) < 4.78 is 24.4. The average molecular weight is 518 g/mol. The van der Waals surface area contributed by atoms with Gasteiger partial charge in [0.1, 0.15) is 24.2 Å². The van der Waals surface area contributed by atoms with Crippen LogP contribution in [0.4, 0.5) is 5.95 Å². The van der Waals surface area contributed by atoms with E-state index in [4.69, 9.17) is 24.7 Å². The smallest absolute Gasteiger partial charge is 0.338 e. The van der Waals surface area contributed by atoms with Gasteiger partial charge in [-0.15, -0.1) is 0 Å². The van der Waals surface area contributed by atoms with Gasteiger partial charge >= 0.3 is 11.9 Å². The zero-order valence-electron chi connectivity index (χ0n) is 21.2. The van der Waals surface area contributed by atoms with Crippen molar-refractivity contribution in [1.29, 1.82) is 0 Å². The van der Waals surface area contributed by atoms with Crippen molar-refractivity contribution in [2.45, 2.75) is 38.7 Å². The van der Waals surface area contributed by atoms with Gasteiger partial charge < -0.3 is 24.7 Å². The molecule has 1 aliphatic rings. The quantitative estimate of drug-likeness (QED) is 0.363. The molecule has 2 N–H and O–H groups in total. The number of nitrogens with zero attached hydrogens (tertiary/aromatic N) is 4. The molecule has 2 aromatic carbocycles.